The summed E-state index contributed by atoms with van der Waals surface area (Å²) < 4.78 is 11.9. The molecule has 4 rings (SSSR count). The Balaban J connectivity index is 1.38. The van der Waals surface area contributed by atoms with E-state index in [1.807, 2.05) is 6.07 Å². The lowest BCUT2D eigenvalue weighted by molar-refractivity contribution is -0.121. The van der Waals surface area contributed by atoms with Crippen LogP contribution in [0.2, 0.25) is 0 Å². The van der Waals surface area contributed by atoms with Gasteiger partial charge in [-0.05, 0) is 25.0 Å². The number of amides is 1. The van der Waals surface area contributed by atoms with Crippen molar-refractivity contribution < 1.29 is 14.1 Å². The Hall–Kier alpha value is -3.07. The molecule has 9 heteroatoms. The van der Waals surface area contributed by atoms with E-state index in [4.69, 9.17) is 9.26 Å². The van der Waals surface area contributed by atoms with Crippen LogP contribution in [0.4, 0.5) is 0 Å². The second kappa shape index (κ2) is 7.04. The SMILES string of the molecule is O=C(Cn1cnc2ccccc2c1=O)NCc1noc([C@@H]2CCCO2)n1. The van der Waals surface area contributed by atoms with Gasteiger partial charge in [0.15, 0.2) is 5.82 Å². The molecule has 134 valence electrons. The minimum atomic E-state index is -0.340. The third-order valence-electron chi connectivity index (χ3n) is 4.18. The number of hydrogen-bond acceptors (Lipinski definition) is 7. The van der Waals surface area contributed by atoms with Crippen molar-refractivity contribution in [1.82, 2.24) is 25.0 Å². The Kier molecular flexibility index (Phi) is 4.44. The van der Waals surface area contributed by atoms with Crippen LogP contribution in [-0.4, -0.2) is 32.2 Å². The Morgan fingerprint density at radius 1 is 1.35 bits per heavy atom. The maximum absolute atomic E-state index is 12.4. The molecule has 2 aromatic heterocycles. The summed E-state index contributed by atoms with van der Waals surface area (Å²) in [5, 5.41) is 6.99. The van der Waals surface area contributed by atoms with Gasteiger partial charge in [0.25, 0.3) is 11.4 Å². The smallest absolute Gasteiger partial charge is 0.261 e. The molecule has 9 nitrogen and oxygen atoms in total. The highest BCUT2D eigenvalue weighted by molar-refractivity contribution is 5.78. The molecule has 1 saturated heterocycles. The van der Waals surface area contributed by atoms with Crippen molar-refractivity contribution in [2.24, 2.45) is 0 Å². The maximum Gasteiger partial charge on any atom is 0.261 e. The van der Waals surface area contributed by atoms with Crippen molar-refractivity contribution in [1.29, 1.82) is 0 Å². The van der Waals surface area contributed by atoms with Crippen molar-refractivity contribution in [2.45, 2.75) is 32.0 Å². The van der Waals surface area contributed by atoms with Crippen molar-refractivity contribution in [3.63, 3.8) is 0 Å². The summed E-state index contributed by atoms with van der Waals surface area (Å²) in [5.41, 5.74) is 0.341. The van der Waals surface area contributed by atoms with E-state index in [0.29, 0.717) is 29.2 Å². The van der Waals surface area contributed by atoms with Crippen LogP contribution in [0.5, 0.6) is 0 Å². The number of nitrogens with zero attached hydrogens (tertiary/aromatic N) is 4. The predicted molar refractivity (Wildman–Crippen MR) is 90.1 cm³/mol. The van der Waals surface area contributed by atoms with Gasteiger partial charge in [0.1, 0.15) is 12.6 Å². The monoisotopic (exact) mass is 355 g/mol. The summed E-state index contributed by atoms with van der Waals surface area (Å²) in [6.45, 7) is 0.672. The fourth-order valence-corrected chi connectivity index (χ4v) is 2.85. The zero-order valence-electron chi connectivity index (χ0n) is 13.9. The molecule has 0 bridgehead atoms. The van der Waals surface area contributed by atoms with Gasteiger partial charge in [-0.25, -0.2) is 4.98 Å². The molecule has 1 amide bonds. The highest BCUT2D eigenvalue weighted by Gasteiger charge is 2.23. The molecular formula is C17H17N5O4. The average Bonchev–Trinajstić information content (AvgIpc) is 3.34. The van der Waals surface area contributed by atoms with Crippen LogP contribution in [0.1, 0.15) is 30.7 Å². The van der Waals surface area contributed by atoms with Gasteiger partial charge in [0.2, 0.25) is 5.91 Å². The molecule has 1 N–H and O–H groups in total. The zero-order chi connectivity index (χ0) is 17.9. The molecule has 3 aromatic rings. The molecule has 0 aliphatic carbocycles. The predicted octanol–water partition coefficient (Wildman–Crippen LogP) is 0.947. The fraction of sp³-hybridized carbons (Fsp3) is 0.353. The third kappa shape index (κ3) is 3.33. The van der Waals surface area contributed by atoms with Gasteiger partial charge in [0, 0.05) is 6.61 Å². The summed E-state index contributed by atoms with van der Waals surface area (Å²) in [6.07, 6.45) is 3.03. The van der Waals surface area contributed by atoms with Crippen molar-refractivity contribution >= 4 is 16.8 Å². The molecule has 1 aliphatic rings. The van der Waals surface area contributed by atoms with E-state index in [-0.39, 0.29) is 30.7 Å². The van der Waals surface area contributed by atoms with Crippen LogP contribution in [0.3, 0.4) is 0 Å². The summed E-state index contributed by atoms with van der Waals surface area (Å²) in [6, 6.07) is 7.01. The number of fused-ring (bicyclic) bond motifs is 1. The van der Waals surface area contributed by atoms with Crippen LogP contribution in [0.15, 0.2) is 39.9 Å². The first-order valence-corrected chi connectivity index (χ1v) is 8.35. The van der Waals surface area contributed by atoms with E-state index in [0.717, 1.165) is 12.8 Å². The fourth-order valence-electron chi connectivity index (χ4n) is 2.85. The van der Waals surface area contributed by atoms with Crippen molar-refractivity contribution in [3.05, 3.63) is 52.7 Å². The van der Waals surface area contributed by atoms with Gasteiger partial charge < -0.3 is 14.6 Å². The first kappa shape index (κ1) is 16.4. The van der Waals surface area contributed by atoms with Gasteiger partial charge in [-0.3, -0.25) is 14.2 Å². The first-order chi connectivity index (χ1) is 12.7. The minimum absolute atomic E-state index is 0.116. The minimum Gasteiger partial charge on any atom is -0.368 e. The quantitative estimate of drug-likeness (QED) is 0.725. The van der Waals surface area contributed by atoms with Crippen molar-refractivity contribution in [3.8, 4) is 0 Å². The van der Waals surface area contributed by atoms with Gasteiger partial charge >= 0.3 is 0 Å². The number of hydrogen-bond donors (Lipinski definition) is 1. The van der Waals surface area contributed by atoms with Crippen molar-refractivity contribution in [2.75, 3.05) is 6.61 Å². The van der Waals surface area contributed by atoms with E-state index in [9.17, 15) is 9.59 Å². The molecule has 1 aliphatic heterocycles. The highest BCUT2D eigenvalue weighted by Crippen LogP contribution is 2.26. The number of benzene rings is 1. The summed E-state index contributed by atoms with van der Waals surface area (Å²) in [7, 11) is 0. The Bertz CT molecular complexity index is 990. The molecule has 1 aromatic carbocycles. The summed E-state index contributed by atoms with van der Waals surface area (Å²) >= 11 is 0. The number of nitrogens with one attached hydrogen (secondary N) is 1. The first-order valence-electron chi connectivity index (χ1n) is 8.35. The van der Waals surface area contributed by atoms with Gasteiger partial charge in [-0.1, -0.05) is 17.3 Å². The average molecular weight is 355 g/mol. The highest BCUT2D eigenvalue weighted by atomic mass is 16.5. The second-order valence-corrected chi connectivity index (χ2v) is 6.02. The van der Waals surface area contributed by atoms with E-state index < -0.39 is 0 Å². The summed E-state index contributed by atoms with van der Waals surface area (Å²) in [5.74, 6) is 0.460. The lowest BCUT2D eigenvalue weighted by atomic mass is 10.2. The van der Waals surface area contributed by atoms with Gasteiger partial charge in [0.05, 0.1) is 23.8 Å². The number of rotatable bonds is 5. The number of ether oxygens (including phenoxy) is 1. The van der Waals surface area contributed by atoms with Crippen LogP contribution in [0, 0.1) is 0 Å². The van der Waals surface area contributed by atoms with Crippen LogP contribution in [-0.2, 0) is 22.6 Å². The van der Waals surface area contributed by atoms with E-state index in [2.05, 4.69) is 20.4 Å². The Morgan fingerprint density at radius 2 is 2.23 bits per heavy atom. The number of aromatic nitrogens is 4. The molecular weight excluding hydrogens is 338 g/mol. The molecule has 3 heterocycles. The number of carbonyl (C=O) groups is 1. The molecule has 0 spiro atoms. The van der Waals surface area contributed by atoms with Gasteiger partial charge in [-0.2, -0.15) is 4.98 Å². The second-order valence-electron chi connectivity index (χ2n) is 6.02. The largest absolute Gasteiger partial charge is 0.368 e. The molecule has 1 atom stereocenters. The normalized spacial score (nSPS) is 16.8. The standard InChI is InChI=1S/C17H17N5O4/c23-15(9-22-10-19-12-5-2-1-4-11(12)17(22)24)18-8-14-20-16(26-21-14)13-6-3-7-25-13/h1-2,4-5,10,13H,3,6-9H2,(H,18,23)/t13-/m0/s1. The lowest BCUT2D eigenvalue weighted by Gasteiger charge is -2.06. The lowest BCUT2D eigenvalue weighted by Crippen LogP contribution is -2.32. The van der Waals surface area contributed by atoms with Crippen LogP contribution < -0.4 is 10.9 Å². The van der Waals surface area contributed by atoms with Crippen LogP contribution in [0.25, 0.3) is 10.9 Å². The third-order valence-corrected chi connectivity index (χ3v) is 4.18. The molecule has 1 fully saturated rings. The Morgan fingerprint density at radius 3 is 3.08 bits per heavy atom. The molecule has 26 heavy (non-hydrogen) atoms. The molecule has 0 saturated carbocycles. The zero-order valence-corrected chi connectivity index (χ0v) is 13.9. The summed E-state index contributed by atoms with van der Waals surface area (Å²) in [4.78, 5) is 32.9. The van der Waals surface area contributed by atoms with Crippen LogP contribution >= 0.6 is 0 Å². The van der Waals surface area contributed by atoms with Gasteiger partial charge in [-0.15, -0.1) is 0 Å². The topological polar surface area (TPSA) is 112 Å². The van der Waals surface area contributed by atoms with E-state index in [1.165, 1.54) is 10.9 Å². The Labute approximate surface area is 148 Å². The molecule has 0 unspecified atom stereocenters. The van der Waals surface area contributed by atoms with E-state index >= 15 is 0 Å². The number of carbonyl (C=O) groups excluding carboxylic acids is 1. The van der Waals surface area contributed by atoms with E-state index in [1.54, 1.807) is 18.2 Å². The number of para-hydroxylation sites is 1. The maximum atomic E-state index is 12.4. The molecule has 0 radical (unpaired) electrons.